The van der Waals surface area contributed by atoms with E-state index in [4.69, 9.17) is 4.74 Å². The molecule has 0 spiro atoms. The van der Waals surface area contributed by atoms with E-state index in [0.29, 0.717) is 44.1 Å². The molecule has 634 valence electrons. The van der Waals surface area contributed by atoms with Gasteiger partial charge in [0.25, 0.3) is 17.7 Å². The molecule has 8 heterocycles. The Balaban J connectivity index is 0.000000147. The standard InChI is InChI=1S/C29H39N5O.C26H32N4O2.C22H34N4O.C22H28N2O/c1-30-16-18-31(19-17-30)12-5-13-33-15-11-26-24-27(8-9-28(26)33)29(35)34-22-20-32(21-23-34)14-10-25-6-3-2-4-7-25;1-27(2)12-6-13-28-14-11-22-20-23(9-10-24(22)28)26(32)30-17-15-29(16-18-30)25(31)19-21-7-4-3-5-8-21;1-18(2)17-24-12-14-26(15-13-24)22(27)20-6-7-21-19(16-20)8-11-25(21)10-5-9-23(3)4;1-17(2)25-21-8-5-7-18(16-21)19-9-10-22-20(15-19)11-14-24(22)13-6-12-23(3)4/h2-4,6-9,11,15,24H,5,10,12-14,16-23H2,1H3;3-5,7-11,14,20H,6,12-13,15-19H2,1-2H3;6-8,11,16,18H,5,9-10,12-15,17H2,1-4H3;5,7-11,14-17H,6,12-13H2,1-4H3. The van der Waals surface area contributed by atoms with Crippen LogP contribution in [0.25, 0.3) is 54.7 Å². The zero-order valence-electron chi connectivity index (χ0n) is 73.2. The Labute approximate surface area is 708 Å². The molecule has 0 unspecified atom stereocenters. The molecule has 20 nitrogen and oxygen atoms in total. The maximum atomic E-state index is 13.2. The Hall–Kier alpha value is -9.90. The summed E-state index contributed by atoms with van der Waals surface area (Å²) in [6.45, 7) is 33.4. The molecule has 15 rings (SSSR count). The minimum atomic E-state index is 0.0439. The molecule has 4 fully saturated rings. The van der Waals surface area contributed by atoms with Gasteiger partial charge in [-0.15, -0.1) is 0 Å². The van der Waals surface area contributed by atoms with Gasteiger partial charge in [-0.25, -0.2) is 0 Å². The summed E-state index contributed by atoms with van der Waals surface area (Å²) in [5.74, 6) is 2.10. The fraction of sp³-hybridized carbons (Fsp3) is 0.455. The van der Waals surface area contributed by atoms with E-state index in [1.807, 2.05) is 80.3 Å². The molecule has 4 amide bonds. The van der Waals surface area contributed by atoms with E-state index in [0.717, 1.165) is 194 Å². The number of amides is 4. The molecule has 4 aromatic heterocycles. The van der Waals surface area contributed by atoms with Crippen molar-refractivity contribution in [1.82, 2.24) is 72.2 Å². The van der Waals surface area contributed by atoms with Crippen LogP contribution in [0.2, 0.25) is 0 Å². The number of carbonyl (C=O) groups excluding carboxylic acids is 4. The summed E-state index contributed by atoms with van der Waals surface area (Å²) >= 11 is 0. The Bertz CT molecular complexity index is 4990. The molecule has 0 saturated carbocycles. The minimum Gasteiger partial charge on any atom is -0.491 e. The maximum Gasteiger partial charge on any atom is 0.253 e. The maximum absolute atomic E-state index is 13.2. The first-order valence-electron chi connectivity index (χ1n) is 43.8. The molecule has 119 heavy (non-hydrogen) atoms. The number of hydrogen-bond acceptors (Lipinski definition) is 12. The zero-order chi connectivity index (χ0) is 83.7. The lowest BCUT2D eigenvalue weighted by Crippen LogP contribution is -2.51. The van der Waals surface area contributed by atoms with Crippen LogP contribution in [0.4, 0.5) is 0 Å². The molecule has 20 heteroatoms. The lowest BCUT2D eigenvalue weighted by molar-refractivity contribution is -0.131. The molecule has 11 aromatic rings. The fourth-order valence-electron chi connectivity index (χ4n) is 16.7. The summed E-state index contributed by atoms with van der Waals surface area (Å²) in [5.41, 5.74) is 12.1. The molecule has 4 aliphatic heterocycles. The van der Waals surface area contributed by atoms with E-state index in [-0.39, 0.29) is 29.7 Å². The molecule has 7 aromatic carbocycles. The highest BCUT2D eigenvalue weighted by molar-refractivity contribution is 6.00. The van der Waals surface area contributed by atoms with Gasteiger partial charge in [0.05, 0.1) is 12.5 Å². The Morgan fingerprint density at radius 2 is 0.731 bits per heavy atom. The van der Waals surface area contributed by atoms with Gasteiger partial charge in [0.15, 0.2) is 0 Å². The Morgan fingerprint density at radius 1 is 0.353 bits per heavy atom. The van der Waals surface area contributed by atoms with Gasteiger partial charge in [-0.3, -0.25) is 29.0 Å². The number of ether oxygens (including phenoxy) is 1. The van der Waals surface area contributed by atoms with E-state index >= 15 is 0 Å². The second kappa shape index (κ2) is 43.9. The van der Waals surface area contributed by atoms with Crippen molar-refractivity contribution in [2.24, 2.45) is 5.92 Å². The van der Waals surface area contributed by atoms with Gasteiger partial charge in [0.2, 0.25) is 5.91 Å². The average molecular weight is 1610 g/mol. The molecule has 0 radical (unpaired) electrons. The highest BCUT2D eigenvalue weighted by Gasteiger charge is 2.28. The number of rotatable bonds is 29. The van der Waals surface area contributed by atoms with Crippen LogP contribution in [0, 0.1) is 5.92 Å². The predicted molar refractivity (Wildman–Crippen MR) is 489 cm³/mol. The number of carbonyl (C=O) groups is 4. The minimum absolute atomic E-state index is 0.0439. The van der Waals surface area contributed by atoms with Gasteiger partial charge in [-0.05, 0) is 253 Å². The highest BCUT2D eigenvalue weighted by Crippen LogP contribution is 2.30. The van der Waals surface area contributed by atoms with E-state index in [1.165, 1.54) is 64.8 Å². The van der Waals surface area contributed by atoms with Gasteiger partial charge in [0, 0.05) is 229 Å². The number of nitrogens with zero attached hydrogens (tertiary/aromatic N) is 15. The number of aromatic nitrogens is 4. The molecular weight excluding hydrogens is 1480 g/mol. The number of piperazine rings is 4. The molecule has 4 saturated heterocycles. The van der Waals surface area contributed by atoms with Crippen molar-refractivity contribution in [3.05, 3.63) is 235 Å². The van der Waals surface area contributed by atoms with Crippen molar-refractivity contribution in [3.8, 4) is 16.9 Å². The van der Waals surface area contributed by atoms with E-state index in [1.54, 1.807) is 0 Å². The van der Waals surface area contributed by atoms with Crippen LogP contribution in [0.5, 0.6) is 5.75 Å². The largest absolute Gasteiger partial charge is 0.491 e. The highest BCUT2D eigenvalue weighted by atomic mass is 16.5. The van der Waals surface area contributed by atoms with E-state index in [9.17, 15) is 19.2 Å². The quantitative estimate of drug-likeness (QED) is 0.0442. The van der Waals surface area contributed by atoms with Crippen molar-refractivity contribution in [2.75, 3.05) is 193 Å². The Kier molecular flexibility index (Phi) is 32.6. The SMILES string of the molecule is CC(C)CN1CCN(C(=O)c2ccc3c(ccn3CCCN(C)C)c2)CC1.CC(C)Oc1cccc(-c2ccc3c(ccn3CCCN(C)C)c2)c1.CN(C)CCCn1ccc2cc(C(=O)N3CCN(C(=O)Cc4ccccc4)CC3)ccc21.CN1CCN(CCCn2ccc3cc(C(=O)N4CCN(CCc5ccccc5)CC4)ccc32)CC1. The van der Waals surface area contributed by atoms with Gasteiger partial charge in [-0.1, -0.05) is 92.7 Å². The van der Waals surface area contributed by atoms with Crippen LogP contribution >= 0.6 is 0 Å². The third-order valence-corrected chi connectivity index (χ3v) is 23.5. The number of likely N-dealkylation sites (N-methyl/N-ethyl adjacent to an activating group) is 1. The lowest BCUT2D eigenvalue weighted by Gasteiger charge is -2.35. The van der Waals surface area contributed by atoms with Crippen molar-refractivity contribution in [1.29, 1.82) is 0 Å². The summed E-state index contributed by atoms with van der Waals surface area (Å²) in [4.78, 5) is 76.1. The first-order valence-corrected chi connectivity index (χ1v) is 43.8. The number of benzene rings is 7. The van der Waals surface area contributed by atoms with Crippen LogP contribution in [0.1, 0.15) is 95.6 Å². The zero-order valence-corrected chi connectivity index (χ0v) is 73.2. The summed E-state index contributed by atoms with van der Waals surface area (Å²) in [5, 5.41) is 4.70. The van der Waals surface area contributed by atoms with E-state index in [2.05, 4.69) is 276 Å². The van der Waals surface area contributed by atoms with Crippen LogP contribution in [-0.4, -0.2) is 295 Å². The number of aryl methyl sites for hydroxylation is 4. The predicted octanol–water partition coefficient (Wildman–Crippen LogP) is 14.5. The normalized spacial score (nSPS) is 15.3. The fourth-order valence-corrected chi connectivity index (χ4v) is 16.7. The van der Waals surface area contributed by atoms with Gasteiger partial charge in [-0.2, -0.15) is 0 Å². The second-order valence-corrected chi connectivity index (χ2v) is 34.5. The van der Waals surface area contributed by atoms with Crippen molar-refractivity contribution >= 4 is 67.2 Å². The Morgan fingerprint density at radius 3 is 1.17 bits per heavy atom. The van der Waals surface area contributed by atoms with Crippen LogP contribution < -0.4 is 4.74 Å². The molecule has 4 aliphatic rings. The lowest BCUT2D eigenvalue weighted by atomic mass is 10.0. The van der Waals surface area contributed by atoms with Crippen LogP contribution in [-0.2, 0) is 43.8 Å². The molecule has 0 bridgehead atoms. The summed E-state index contributed by atoms with van der Waals surface area (Å²) in [6.07, 6.45) is 14.8. The topological polar surface area (TPSA) is 133 Å². The molecule has 0 aliphatic carbocycles. The monoisotopic (exact) mass is 1610 g/mol. The van der Waals surface area contributed by atoms with Gasteiger partial charge in [0.1, 0.15) is 5.75 Å². The number of fused-ring (bicyclic) bond motifs is 4. The van der Waals surface area contributed by atoms with Crippen molar-refractivity contribution in [3.63, 3.8) is 0 Å². The molecule has 0 N–H and O–H groups in total. The smallest absolute Gasteiger partial charge is 0.253 e. The average Bonchev–Trinajstić information content (AvgIpc) is 1.71. The third-order valence-electron chi connectivity index (χ3n) is 23.5. The van der Waals surface area contributed by atoms with Crippen molar-refractivity contribution < 1.29 is 23.9 Å². The molecule has 0 atom stereocenters. The summed E-state index contributed by atoms with van der Waals surface area (Å²) in [7, 11) is 14.8. The second-order valence-electron chi connectivity index (χ2n) is 34.5. The van der Waals surface area contributed by atoms with Crippen LogP contribution in [0.3, 0.4) is 0 Å². The van der Waals surface area contributed by atoms with Gasteiger partial charge < -0.3 is 67.1 Å². The summed E-state index contributed by atoms with van der Waals surface area (Å²) < 4.78 is 15.1. The molecular formula is C99H133N15O5. The van der Waals surface area contributed by atoms with Crippen molar-refractivity contribution in [2.45, 2.75) is 98.5 Å². The third kappa shape index (κ3) is 25.8. The van der Waals surface area contributed by atoms with Crippen LogP contribution in [0.15, 0.2) is 207 Å². The van der Waals surface area contributed by atoms with E-state index < -0.39 is 0 Å². The first kappa shape index (κ1) is 88.4. The number of hydrogen-bond donors (Lipinski definition) is 0. The summed E-state index contributed by atoms with van der Waals surface area (Å²) in [6, 6.07) is 62.5. The van der Waals surface area contributed by atoms with Gasteiger partial charge >= 0.3 is 0 Å². The first-order chi connectivity index (χ1) is 57.6.